The van der Waals surface area contributed by atoms with Crippen molar-refractivity contribution in [2.24, 2.45) is 0 Å². The van der Waals surface area contributed by atoms with Gasteiger partial charge in [-0.3, -0.25) is 19.9 Å². The van der Waals surface area contributed by atoms with Crippen molar-refractivity contribution >= 4 is 108 Å². The second-order valence-electron chi connectivity index (χ2n) is 13.7. The topological polar surface area (TPSA) is 51.6 Å². The quantitative estimate of drug-likeness (QED) is 0.165. The maximum absolute atomic E-state index is 5.08. The first-order valence-corrected chi connectivity index (χ1v) is 17.6. The summed E-state index contributed by atoms with van der Waals surface area (Å²) in [7, 11) is 0. The highest BCUT2D eigenvalue weighted by Gasteiger charge is 2.20. The third kappa shape index (κ3) is 3.65. The Kier molecular flexibility index (Phi) is 5.47. The molecule has 0 aliphatic rings. The van der Waals surface area contributed by atoms with Gasteiger partial charge in [0.25, 0.3) is 0 Å². The van der Waals surface area contributed by atoms with E-state index < -0.39 is 0 Å². The molecule has 4 heteroatoms. The van der Waals surface area contributed by atoms with Crippen LogP contribution >= 0.6 is 0 Å². The Labute approximate surface area is 296 Å². The predicted octanol–water partition coefficient (Wildman–Crippen LogP) is 12.5. The molecule has 0 bridgehead atoms. The lowest BCUT2D eigenvalue weighted by atomic mass is 9.86. The number of benzene rings is 10. The summed E-state index contributed by atoms with van der Waals surface area (Å²) in [5.74, 6) is 0. The normalized spacial score (nSPS) is 12.2. The molecule has 0 aliphatic carbocycles. The fraction of sp³-hybridized carbons (Fsp3) is 0. The van der Waals surface area contributed by atoms with E-state index in [1.54, 1.807) is 12.4 Å². The van der Waals surface area contributed by atoms with Crippen molar-refractivity contribution in [3.63, 3.8) is 0 Å². The summed E-state index contributed by atoms with van der Waals surface area (Å²) in [5.41, 5.74) is 6.00. The molecule has 0 saturated heterocycles. The van der Waals surface area contributed by atoms with E-state index in [0.717, 1.165) is 54.7 Å². The third-order valence-electron chi connectivity index (χ3n) is 11.1. The van der Waals surface area contributed by atoms with Gasteiger partial charge in [-0.25, -0.2) is 0 Å². The Balaban J connectivity index is 1.24. The summed E-state index contributed by atoms with van der Waals surface area (Å²) in [6.07, 6.45) is 7.24. The summed E-state index contributed by atoms with van der Waals surface area (Å²) in [6, 6.07) is 48.7. The molecule has 52 heavy (non-hydrogen) atoms. The van der Waals surface area contributed by atoms with Crippen molar-refractivity contribution in [3.05, 3.63) is 158 Å². The SMILES string of the molecule is c1ccc2c(c1)ccc1c2c2nccnc2c2c(-c3ccc4c(ccc5c6nccnc6c6ccc7ccccc7c6c45)c3)cc3ccccc3c12. The van der Waals surface area contributed by atoms with Crippen LogP contribution in [0.25, 0.3) is 119 Å². The summed E-state index contributed by atoms with van der Waals surface area (Å²) in [6.45, 7) is 0. The number of hydrogen-bond donors (Lipinski definition) is 0. The molecule has 0 spiro atoms. The van der Waals surface area contributed by atoms with Gasteiger partial charge in [0, 0.05) is 62.5 Å². The van der Waals surface area contributed by atoms with Crippen LogP contribution in [0.15, 0.2) is 158 Å². The van der Waals surface area contributed by atoms with Crippen molar-refractivity contribution in [2.75, 3.05) is 0 Å². The van der Waals surface area contributed by atoms with E-state index in [2.05, 4.69) is 133 Å². The van der Waals surface area contributed by atoms with Crippen LogP contribution in [-0.4, -0.2) is 19.9 Å². The Morgan fingerprint density at radius 2 is 0.692 bits per heavy atom. The van der Waals surface area contributed by atoms with E-state index in [1.165, 1.54) is 64.6 Å². The third-order valence-corrected chi connectivity index (χ3v) is 11.1. The van der Waals surface area contributed by atoms with Gasteiger partial charge < -0.3 is 0 Å². The fourth-order valence-corrected chi connectivity index (χ4v) is 8.97. The summed E-state index contributed by atoms with van der Waals surface area (Å²) in [4.78, 5) is 19.8. The van der Waals surface area contributed by atoms with Crippen molar-refractivity contribution in [1.82, 2.24) is 19.9 Å². The van der Waals surface area contributed by atoms with Gasteiger partial charge in [0.15, 0.2) is 0 Å². The molecular weight excluding hydrogens is 633 g/mol. The molecule has 238 valence electrons. The molecule has 2 aromatic heterocycles. The van der Waals surface area contributed by atoms with Crippen LogP contribution in [0.1, 0.15) is 0 Å². The van der Waals surface area contributed by atoms with Crippen LogP contribution in [0.3, 0.4) is 0 Å². The van der Waals surface area contributed by atoms with Crippen LogP contribution < -0.4 is 0 Å². The molecule has 12 aromatic rings. The molecule has 0 atom stereocenters. The first-order chi connectivity index (χ1) is 25.8. The number of fused-ring (bicyclic) bond motifs is 20. The van der Waals surface area contributed by atoms with Crippen LogP contribution in [0, 0.1) is 0 Å². The molecule has 0 unspecified atom stereocenters. The highest BCUT2D eigenvalue weighted by molar-refractivity contribution is 6.38. The average molecular weight is 659 g/mol. The zero-order valence-electron chi connectivity index (χ0n) is 27.8. The maximum Gasteiger partial charge on any atom is 0.0978 e. The van der Waals surface area contributed by atoms with Gasteiger partial charge in [-0.2, -0.15) is 0 Å². The fourth-order valence-electron chi connectivity index (χ4n) is 8.97. The van der Waals surface area contributed by atoms with E-state index in [1.807, 2.05) is 12.4 Å². The lowest BCUT2D eigenvalue weighted by Gasteiger charge is -2.18. The summed E-state index contributed by atoms with van der Waals surface area (Å²) < 4.78 is 0. The van der Waals surface area contributed by atoms with Crippen LogP contribution in [0.4, 0.5) is 0 Å². The van der Waals surface area contributed by atoms with E-state index in [0.29, 0.717) is 0 Å². The lowest BCUT2D eigenvalue weighted by molar-refractivity contribution is 1.31. The van der Waals surface area contributed by atoms with Crippen molar-refractivity contribution < 1.29 is 0 Å². The van der Waals surface area contributed by atoms with Crippen LogP contribution in [0.5, 0.6) is 0 Å². The first-order valence-electron chi connectivity index (χ1n) is 17.6. The Morgan fingerprint density at radius 3 is 1.35 bits per heavy atom. The second kappa shape index (κ2) is 10.3. The van der Waals surface area contributed by atoms with Crippen molar-refractivity contribution in [3.8, 4) is 11.1 Å². The van der Waals surface area contributed by atoms with Crippen LogP contribution in [0.2, 0.25) is 0 Å². The molecule has 12 rings (SSSR count). The molecule has 0 amide bonds. The van der Waals surface area contributed by atoms with E-state index >= 15 is 0 Å². The molecule has 4 nitrogen and oxygen atoms in total. The molecule has 0 fully saturated rings. The van der Waals surface area contributed by atoms with Gasteiger partial charge in [-0.1, -0.05) is 121 Å². The highest BCUT2D eigenvalue weighted by atomic mass is 14.8. The number of aromatic nitrogens is 4. The highest BCUT2D eigenvalue weighted by Crippen LogP contribution is 2.46. The Morgan fingerprint density at radius 1 is 0.269 bits per heavy atom. The van der Waals surface area contributed by atoms with E-state index in [4.69, 9.17) is 19.9 Å². The maximum atomic E-state index is 5.08. The van der Waals surface area contributed by atoms with Gasteiger partial charge in [0.05, 0.1) is 22.1 Å². The average Bonchev–Trinajstić information content (AvgIpc) is 3.22. The van der Waals surface area contributed by atoms with Gasteiger partial charge in [0.1, 0.15) is 0 Å². The molecule has 2 heterocycles. The first kappa shape index (κ1) is 27.7. The van der Waals surface area contributed by atoms with E-state index in [9.17, 15) is 0 Å². The van der Waals surface area contributed by atoms with Gasteiger partial charge in [-0.05, 0) is 71.7 Å². The zero-order chi connectivity index (χ0) is 33.9. The monoisotopic (exact) mass is 658 g/mol. The smallest absolute Gasteiger partial charge is 0.0978 e. The Hall–Kier alpha value is -7.04. The van der Waals surface area contributed by atoms with Crippen LogP contribution in [-0.2, 0) is 0 Å². The number of hydrogen-bond acceptors (Lipinski definition) is 4. The molecule has 10 aromatic carbocycles. The van der Waals surface area contributed by atoms with Crippen molar-refractivity contribution in [1.29, 1.82) is 0 Å². The second-order valence-corrected chi connectivity index (χ2v) is 13.7. The lowest BCUT2D eigenvalue weighted by Crippen LogP contribution is -1.94. The standard InChI is InChI=1S/C48H26N4/c1-4-10-32-27(7-1)14-19-37-41(32)42-35-17-15-31(25-30(35)16-20-38(42)46-45(37)49-21-22-50-46)39-26-29-9-3-6-12-34(29)40-36-18-13-28-8-2-5-11-33(28)43(36)47-48(44(39)40)52-24-23-51-47/h1-26H. The summed E-state index contributed by atoms with van der Waals surface area (Å²) >= 11 is 0. The minimum Gasteiger partial charge on any atom is -0.252 e. The number of nitrogens with zero attached hydrogens (tertiary/aromatic N) is 4. The minimum absolute atomic E-state index is 0.920. The van der Waals surface area contributed by atoms with Gasteiger partial charge >= 0.3 is 0 Å². The zero-order valence-corrected chi connectivity index (χ0v) is 27.8. The van der Waals surface area contributed by atoms with E-state index in [-0.39, 0.29) is 0 Å². The molecule has 0 saturated carbocycles. The van der Waals surface area contributed by atoms with Gasteiger partial charge in [-0.15, -0.1) is 0 Å². The van der Waals surface area contributed by atoms with Gasteiger partial charge in [0.2, 0.25) is 0 Å². The molecule has 0 radical (unpaired) electrons. The van der Waals surface area contributed by atoms with Crippen molar-refractivity contribution in [2.45, 2.75) is 0 Å². The molecule has 0 N–H and O–H groups in total. The number of rotatable bonds is 1. The largest absolute Gasteiger partial charge is 0.252 e. The summed E-state index contributed by atoms with van der Waals surface area (Å²) in [5, 5.41) is 18.9. The molecular formula is C48H26N4. The Bertz CT molecular complexity index is 3530. The molecule has 0 aliphatic heterocycles. The predicted molar refractivity (Wildman–Crippen MR) is 218 cm³/mol. The minimum atomic E-state index is 0.920.